The Hall–Kier alpha value is -0.300. The standard InChI is InChI=1S/C14H27N/c1-6-12(4)15-9-7-14(8-10-15)13(5)11(2)3/h7,11-13H,6,8-10H2,1-5H3. The molecule has 1 heteroatoms. The number of nitrogens with zero attached hydrogens (tertiary/aromatic N) is 1. The van der Waals surface area contributed by atoms with Gasteiger partial charge in [-0.2, -0.15) is 0 Å². The summed E-state index contributed by atoms with van der Waals surface area (Å²) in [7, 11) is 0. The third-order valence-corrected chi connectivity index (χ3v) is 4.07. The zero-order valence-electron chi connectivity index (χ0n) is 11.1. The molecule has 0 N–H and O–H groups in total. The smallest absolute Gasteiger partial charge is 0.0168 e. The molecular formula is C14H27N. The highest BCUT2D eigenvalue weighted by Gasteiger charge is 2.20. The zero-order chi connectivity index (χ0) is 11.4. The van der Waals surface area contributed by atoms with E-state index in [1.54, 1.807) is 5.57 Å². The second-order valence-electron chi connectivity index (χ2n) is 5.31. The van der Waals surface area contributed by atoms with Crippen molar-refractivity contribution in [3.63, 3.8) is 0 Å². The Bertz CT molecular complexity index is 217. The van der Waals surface area contributed by atoms with E-state index in [1.807, 2.05) is 0 Å². The van der Waals surface area contributed by atoms with E-state index in [1.165, 1.54) is 25.9 Å². The highest BCUT2D eigenvalue weighted by Crippen LogP contribution is 2.26. The van der Waals surface area contributed by atoms with Crippen molar-refractivity contribution in [2.75, 3.05) is 13.1 Å². The highest BCUT2D eigenvalue weighted by atomic mass is 15.1. The SMILES string of the molecule is CCC(C)N1CC=C(C(C)C(C)C)CC1. The molecule has 0 aromatic rings. The maximum Gasteiger partial charge on any atom is 0.0168 e. The van der Waals surface area contributed by atoms with Crippen molar-refractivity contribution in [1.82, 2.24) is 4.90 Å². The van der Waals surface area contributed by atoms with Crippen LogP contribution in [0.2, 0.25) is 0 Å². The van der Waals surface area contributed by atoms with Gasteiger partial charge in [0.25, 0.3) is 0 Å². The van der Waals surface area contributed by atoms with Gasteiger partial charge in [-0.3, -0.25) is 4.90 Å². The van der Waals surface area contributed by atoms with Crippen LogP contribution in [0, 0.1) is 11.8 Å². The maximum absolute atomic E-state index is 2.59. The molecule has 0 radical (unpaired) electrons. The molecule has 0 saturated heterocycles. The van der Waals surface area contributed by atoms with Crippen LogP contribution in [-0.2, 0) is 0 Å². The van der Waals surface area contributed by atoms with Gasteiger partial charge in [0.2, 0.25) is 0 Å². The molecule has 1 aliphatic rings. The van der Waals surface area contributed by atoms with Crippen LogP contribution in [0.5, 0.6) is 0 Å². The molecule has 2 atom stereocenters. The number of hydrogen-bond acceptors (Lipinski definition) is 1. The average Bonchev–Trinajstić information content (AvgIpc) is 2.27. The summed E-state index contributed by atoms with van der Waals surface area (Å²) in [6.07, 6.45) is 5.02. The number of hydrogen-bond donors (Lipinski definition) is 0. The highest BCUT2D eigenvalue weighted by molar-refractivity contribution is 5.11. The Morgan fingerprint density at radius 1 is 1.27 bits per heavy atom. The maximum atomic E-state index is 2.59. The average molecular weight is 209 g/mol. The van der Waals surface area contributed by atoms with Crippen molar-refractivity contribution >= 4 is 0 Å². The largest absolute Gasteiger partial charge is 0.297 e. The van der Waals surface area contributed by atoms with Crippen LogP contribution >= 0.6 is 0 Å². The lowest BCUT2D eigenvalue weighted by atomic mass is 9.86. The van der Waals surface area contributed by atoms with Gasteiger partial charge in [0, 0.05) is 19.1 Å². The van der Waals surface area contributed by atoms with Gasteiger partial charge in [-0.05, 0) is 31.6 Å². The molecule has 1 heterocycles. The minimum Gasteiger partial charge on any atom is -0.297 e. The molecule has 1 aliphatic heterocycles. The monoisotopic (exact) mass is 209 g/mol. The van der Waals surface area contributed by atoms with E-state index in [0.717, 1.165) is 17.9 Å². The van der Waals surface area contributed by atoms with E-state index in [9.17, 15) is 0 Å². The molecule has 0 amide bonds. The summed E-state index contributed by atoms with van der Waals surface area (Å²) < 4.78 is 0. The first-order chi connectivity index (χ1) is 7.06. The summed E-state index contributed by atoms with van der Waals surface area (Å²) >= 11 is 0. The summed E-state index contributed by atoms with van der Waals surface area (Å²) in [5, 5.41) is 0. The van der Waals surface area contributed by atoms with E-state index in [4.69, 9.17) is 0 Å². The van der Waals surface area contributed by atoms with Crippen LogP contribution in [0.1, 0.15) is 47.5 Å². The summed E-state index contributed by atoms with van der Waals surface area (Å²) in [5.41, 5.74) is 1.68. The topological polar surface area (TPSA) is 3.24 Å². The quantitative estimate of drug-likeness (QED) is 0.638. The summed E-state index contributed by atoms with van der Waals surface area (Å²) in [6.45, 7) is 14.1. The van der Waals surface area contributed by atoms with E-state index in [-0.39, 0.29) is 0 Å². The molecule has 0 saturated carbocycles. The first kappa shape index (κ1) is 12.8. The Labute approximate surface area is 95.5 Å². The molecule has 2 unspecified atom stereocenters. The fourth-order valence-electron chi connectivity index (χ4n) is 2.20. The second-order valence-corrected chi connectivity index (χ2v) is 5.31. The van der Waals surface area contributed by atoms with Crippen LogP contribution < -0.4 is 0 Å². The lowest BCUT2D eigenvalue weighted by molar-refractivity contribution is 0.214. The molecule has 1 rings (SSSR count). The predicted molar refractivity (Wildman–Crippen MR) is 68.0 cm³/mol. The van der Waals surface area contributed by atoms with Crippen molar-refractivity contribution < 1.29 is 0 Å². The van der Waals surface area contributed by atoms with Gasteiger partial charge in [-0.25, -0.2) is 0 Å². The van der Waals surface area contributed by atoms with Crippen LogP contribution in [0.3, 0.4) is 0 Å². The second kappa shape index (κ2) is 5.69. The van der Waals surface area contributed by atoms with Crippen LogP contribution in [0.4, 0.5) is 0 Å². The fraction of sp³-hybridized carbons (Fsp3) is 0.857. The first-order valence-corrected chi connectivity index (χ1v) is 6.49. The van der Waals surface area contributed by atoms with Crippen molar-refractivity contribution in [3.05, 3.63) is 11.6 Å². The van der Waals surface area contributed by atoms with Gasteiger partial charge in [0.1, 0.15) is 0 Å². The molecule has 0 spiro atoms. The van der Waals surface area contributed by atoms with E-state index >= 15 is 0 Å². The third kappa shape index (κ3) is 3.34. The summed E-state index contributed by atoms with van der Waals surface area (Å²) in [6, 6.07) is 0.747. The van der Waals surface area contributed by atoms with E-state index in [2.05, 4.69) is 45.6 Å². The fourth-order valence-corrected chi connectivity index (χ4v) is 2.20. The Morgan fingerprint density at radius 2 is 1.93 bits per heavy atom. The van der Waals surface area contributed by atoms with Gasteiger partial charge in [0.15, 0.2) is 0 Å². The normalized spacial score (nSPS) is 22.7. The zero-order valence-corrected chi connectivity index (χ0v) is 11.1. The van der Waals surface area contributed by atoms with Crippen molar-refractivity contribution in [3.8, 4) is 0 Å². The number of rotatable bonds is 4. The Morgan fingerprint density at radius 3 is 2.33 bits per heavy atom. The molecule has 1 nitrogen and oxygen atoms in total. The Balaban J connectivity index is 2.51. The van der Waals surface area contributed by atoms with Crippen molar-refractivity contribution in [1.29, 1.82) is 0 Å². The third-order valence-electron chi connectivity index (χ3n) is 4.07. The van der Waals surface area contributed by atoms with Crippen LogP contribution in [0.15, 0.2) is 11.6 Å². The van der Waals surface area contributed by atoms with E-state index < -0.39 is 0 Å². The minimum absolute atomic E-state index is 0.747. The van der Waals surface area contributed by atoms with E-state index in [0.29, 0.717) is 0 Å². The van der Waals surface area contributed by atoms with Gasteiger partial charge < -0.3 is 0 Å². The molecule has 0 aliphatic carbocycles. The molecule has 0 bridgehead atoms. The first-order valence-electron chi connectivity index (χ1n) is 6.49. The van der Waals surface area contributed by atoms with Crippen LogP contribution in [0.25, 0.3) is 0 Å². The van der Waals surface area contributed by atoms with Crippen LogP contribution in [-0.4, -0.2) is 24.0 Å². The molecule has 0 fully saturated rings. The van der Waals surface area contributed by atoms with Gasteiger partial charge in [-0.15, -0.1) is 0 Å². The molecule has 15 heavy (non-hydrogen) atoms. The van der Waals surface area contributed by atoms with Crippen molar-refractivity contribution in [2.45, 2.75) is 53.5 Å². The molecule has 0 aromatic heterocycles. The van der Waals surface area contributed by atoms with Gasteiger partial charge >= 0.3 is 0 Å². The Kier molecular flexibility index (Phi) is 4.85. The lowest BCUT2D eigenvalue weighted by Gasteiger charge is -2.33. The molecular weight excluding hydrogens is 182 g/mol. The predicted octanol–water partition coefficient (Wildman–Crippen LogP) is 3.71. The van der Waals surface area contributed by atoms with Crippen molar-refractivity contribution in [2.24, 2.45) is 11.8 Å². The summed E-state index contributed by atoms with van der Waals surface area (Å²) in [5.74, 6) is 1.55. The molecule has 88 valence electrons. The molecule has 0 aromatic carbocycles. The van der Waals surface area contributed by atoms with Gasteiger partial charge in [0.05, 0.1) is 0 Å². The minimum atomic E-state index is 0.747. The lowest BCUT2D eigenvalue weighted by Crippen LogP contribution is -2.37. The summed E-state index contributed by atoms with van der Waals surface area (Å²) in [4.78, 5) is 2.59. The van der Waals surface area contributed by atoms with Gasteiger partial charge in [-0.1, -0.05) is 39.3 Å².